The monoisotopic (exact) mass is 412 g/mol. The maximum Gasteiger partial charge on any atom is 0.242 e. The number of piperidine rings is 1. The van der Waals surface area contributed by atoms with Gasteiger partial charge in [0.05, 0.1) is 12.6 Å². The lowest BCUT2D eigenvalue weighted by Gasteiger charge is -2.30. The molecule has 0 aliphatic carbocycles. The van der Waals surface area contributed by atoms with Gasteiger partial charge in [0.1, 0.15) is 6.04 Å². The Morgan fingerprint density at radius 1 is 1.24 bits per heavy atom. The van der Waals surface area contributed by atoms with E-state index in [1.807, 2.05) is 18.2 Å². The molecule has 1 fully saturated rings. The molecule has 2 aliphatic rings. The summed E-state index contributed by atoms with van der Waals surface area (Å²) in [7, 11) is 0. The molecule has 6 nitrogen and oxygen atoms in total. The smallest absolute Gasteiger partial charge is 0.242 e. The summed E-state index contributed by atoms with van der Waals surface area (Å²) in [6.07, 6.45) is 1.77. The highest BCUT2D eigenvalue weighted by molar-refractivity contribution is 7.12. The molecule has 0 spiro atoms. The predicted molar refractivity (Wildman–Crippen MR) is 115 cm³/mol. The highest BCUT2D eigenvalue weighted by atomic mass is 32.1. The fraction of sp³-hybridized carbons (Fsp3) is 0.455. The molecular weight excluding hydrogens is 384 g/mol. The molecule has 29 heavy (non-hydrogen) atoms. The van der Waals surface area contributed by atoms with Crippen LogP contribution >= 0.6 is 11.3 Å². The summed E-state index contributed by atoms with van der Waals surface area (Å²) in [5, 5.41) is 12.4. The first-order valence-electron chi connectivity index (χ1n) is 10.3. The van der Waals surface area contributed by atoms with Crippen molar-refractivity contribution in [2.75, 3.05) is 6.54 Å². The van der Waals surface area contributed by atoms with Crippen molar-refractivity contribution in [3.05, 3.63) is 57.3 Å². The molecule has 0 radical (unpaired) electrons. The summed E-state index contributed by atoms with van der Waals surface area (Å²) in [5.74, 6) is 0.113. The summed E-state index contributed by atoms with van der Waals surface area (Å²) < 4.78 is 0. The van der Waals surface area contributed by atoms with Crippen molar-refractivity contribution in [3.8, 4) is 0 Å². The van der Waals surface area contributed by atoms with Gasteiger partial charge in [-0.2, -0.15) is 0 Å². The molecule has 1 saturated heterocycles. The molecule has 3 heterocycles. The summed E-state index contributed by atoms with van der Waals surface area (Å²) >= 11 is 1.74. The van der Waals surface area contributed by atoms with Gasteiger partial charge in [-0.3, -0.25) is 9.59 Å². The maximum absolute atomic E-state index is 12.7. The van der Waals surface area contributed by atoms with Crippen LogP contribution in [-0.4, -0.2) is 30.4 Å². The zero-order chi connectivity index (χ0) is 20.2. The number of benzene rings is 1. The van der Waals surface area contributed by atoms with Crippen molar-refractivity contribution in [2.24, 2.45) is 0 Å². The van der Waals surface area contributed by atoms with Gasteiger partial charge >= 0.3 is 0 Å². The second-order valence-corrected chi connectivity index (χ2v) is 9.07. The Kier molecular flexibility index (Phi) is 6.28. The molecule has 4 rings (SSSR count). The third-order valence-electron chi connectivity index (χ3n) is 5.73. The molecule has 154 valence electrons. The molecule has 1 aromatic carbocycles. The molecule has 3 atom stereocenters. The van der Waals surface area contributed by atoms with Gasteiger partial charge in [0, 0.05) is 22.8 Å². The van der Waals surface area contributed by atoms with Gasteiger partial charge in [-0.15, -0.1) is 11.3 Å². The first kappa shape index (κ1) is 20.1. The number of carbonyl (C=O) groups excluding carboxylic acids is 2. The number of nitrogens with one attached hydrogen (secondary N) is 4. The lowest BCUT2D eigenvalue weighted by Crippen LogP contribution is -2.53. The van der Waals surface area contributed by atoms with E-state index < -0.39 is 6.04 Å². The fourth-order valence-corrected chi connectivity index (χ4v) is 5.18. The van der Waals surface area contributed by atoms with Gasteiger partial charge in [-0.1, -0.05) is 30.3 Å². The van der Waals surface area contributed by atoms with Gasteiger partial charge in [-0.05, 0) is 49.4 Å². The van der Waals surface area contributed by atoms with Gasteiger partial charge in [-0.25, -0.2) is 0 Å². The summed E-state index contributed by atoms with van der Waals surface area (Å²) in [4.78, 5) is 27.7. The molecule has 2 amide bonds. The number of rotatable bonds is 6. The first-order chi connectivity index (χ1) is 14.1. The highest BCUT2D eigenvalue weighted by Crippen LogP contribution is 2.28. The van der Waals surface area contributed by atoms with Crippen molar-refractivity contribution >= 4 is 23.2 Å². The average molecular weight is 413 g/mol. The molecule has 0 unspecified atom stereocenters. The van der Waals surface area contributed by atoms with Gasteiger partial charge in [0.25, 0.3) is 0 Å². The zero-order valence-corrected chi connectivity index (χ0v) is 17.5. The Morgan fingerprint density at radius 2 is 2.07 bits per heavy atom. The van der Waals surface area contributed by atoms with E-state index in [4.69, 9.17) is 0 Å². The second kappa shape index (κ2) is 9.07. The SMILES string of the molecule is C[C@H](NC(=O)[C@H]1C[C@@H](c2ccccc2)CCN1)C(=O)NCc1cc2c(s1)CNC2. The van der Waals surface area contributed by atoms with Crippen LogP contribution < -0.4 is 21.3 Å². The van der Waals surface area contributed by atoms with Crippen LogP contribution in [0.15, 0.2) is 36.4 Å². The number of hydrogen-bond donors (Lipinski definition) is 4. The minimum atomic E-state index is -0.560. The minimum Gasteiger partial charge on any atom is -0.349 e. The Hall–Kier alpha value is -2.22. The van der Waals surface area contributed by atoms with E-state index >= 15 is 0 Å². The summed E-state index contributed by atoms with van der Waals surface area (Å²) in [6.45, 7) is 4.87. The number of thiophene rings is 1. The van der Waals surface area contributed by atoms with Crippen LogP contribution in [0.1, 0.15) is 46.6 Å². The molecule has 7 heteroatoms. The van der Waals surface area contributed by atoms with Crippen molar-refractivity contribution in [1.82, 2.24) is 21.3 Å². The van der Waals surface area contributed by atoms with Gasteiger partial charge in [0.15, 0.2) is 0 Å². The molecule has 1 aromatic heterocycles. The van der Waals surface area contributed by atoms with Crippen molar-refractivity contribution < 1.29 is 9.59 Å². The normalized spacial score (nSPS) is 22.0. The van der Waals surface area contributed by atoms with E-state index in [9.17, 15) is 9.59 Å². The summed E-state index contributed by atoms with van der Waals surface area (Å²) in [6, 6.07) is 11.7. The molecule has 2 aliphatic heterocycles. The van der Waals surface area contributed by atoms with Crippen LogP contribution in [0.3, 0.4) is 0 Å². The zero-order valence-electron chi connectivity index (χ0n) is 16.7. The molecular formula is C22H28N4O2S. The van der Waals surface area contributed by atoms with Gasteiger partial charge < -0.3 is 21.3 Å². The number of carbonyl (C=O) groups is 2. The molecule has 0 bridgehead atoms. The largest absolute Gasteiger partial charge is 0.349 e. The Bertz CT molecular complexity index is 845. The highest BCUT2D eigenvalue weighted by Gasteiger charge is 2.29. The molecule has 4 N–H and O–H groups in total. The maximum atomic E-state index is 12.7. The average Bonchev–Trinajstić information content (AvgIpc) is 3.34. The lowest BCUT2D eigenvalue weighted by atomic mass is 9.86. The third kappa shape index (κ3) is 4.86. The topological polar surface area (TPSA) is 82.3 Å². The Balaban J connectivity index is 1.26. The second-order valence-electron chi connectivity index (χ2n) is 7.85. The Morgan fingerprint density at radius 3 is 2.86 bits per heavy atom. The van der Waals surface area contributed by atoms with Crippen LogP contribution in [0.4, 0.5) is 0 Å². The van der Waals surface area contributed by atoms with Crippen LogP contribution in [0, 0.1) is 0 Å². The fourth-order valence-electron chi connectivity index (χ4n) is 4.08. The van der Waals surface area contributed by atoms with Crippen LogP contribution in [0.2, 0.25) is 0 Å². The minimum absolute atomic E-state index is 0.102. The summed E-state index contributed by atoms with van der Waals surface area (Å²) in [5.41, 5.74) is 2.60. The van der Waals surface area contributed by atoms with E-state index in [0.717, 1.165) is 37.4 Å². The van der Waals surface area contributed by atoms with Crippen molar-refractivity contribution in [1.29, 1.82) is 0 Å². The van der Waals surface area contributed by atoms with E-state index in [2.05, 4.69) is 39.5 Å². The van der Waals surface area contributed by atoms with E-state index in [0.29, 0.717) is 12.5 Å². The Labute approximate surface area is 175 Å². The van der Waals surface area contributed by atoms with Crippen LogP contribution in [-0.2, 0) is 29.2 Å². The first-order valence-corrected chi connectivity index (χ1v) is 11.1. The van der Waals surface area contributed by atoms with E-state index in [1.54, 1.807) is 18.3 Å². The molecule has 2 aromatic rings. The third-order valence-corrected chi connectivity index (χ3v) is 6.91. The number of hydrogen-bond acceptors (Lipinski definition) is 5. The number of fused-ring (bicyclic) bond motifs is 1. The number of amides is 2. The van der Waals surface area contributed by atoms with E-state index in [1.165, 1.54) is 16.0 Å². The van der Waals surface area contributed by atoms with Crippen LogP contribution in [0.25, 0.3) is 0 Å². The predicted octanol–water partition coefficient (Wildman–Crippen LogP) is 2.01. The quantitative estimate of drug-likeness (QED) is 0.585. The van der Waals surface area contributed by atoms with E-state index in [-0.39, 0.29) is 17.9 Å². The van der Waals surface area contributed by atoms with Gasteiger partial charge in [0.2, 0.25) is 11.8 Å². The molecule has 0 saturated carbocycles. The standard InChI is InChI=1S/C22H28N4O2S/c1-14(21(27)25-12-18-9-17-11-23-13-20(17)29-18)26-22(28)19-10-16(7-8-24-19)15-5-3-2-4-6-15/h2-6,9,14,16,19,23-24H,7-8,10-13H2,1H3,(H,25,27)(H,26,28)/t14-,16-,19+/m0/s1. The van der Waals surface area contributed by atoms with Crippen molar-refractivity contribution in [2.45, 2.75) is 57.4 Å². The van der Waals surface area contributed by atoms with Crippen LogP contribution in [0.5, 0.6) is 0 Å². The lowest BCUT2D eigenvalue weighted by molar-refractivity contribution is -0.130. The van der Waals surface area contributed by atoms with Crippen molar-refractivity contribution in [3.63, 3.8) is 0 Å².